The molecule has 0 aliphatic rings. The van der Waals surface area contributed by atoms with Gasteiger partial charge in [0.2, 0.25) is 0 Å². The highest BCUT2D eigenvalue weighted by atomic mass is 127. The maximum Gasteiger partial charge on any atom is 0.145 e. The molecule has 0 aliphatic heterocycles. The second kappa shape index (κ2) is 6.20. The van der Waals surface area contributed by atoms with E-state index in [1.165, 1.54) is 5.56 Å². The van der Waals surface area contributed by atoms with E-state index in [9.17, 15) is 0 Å². The van der Waals surface area contributed by atoms with Gasteiger partial charge in [-0.3, -0.25) is 0 Å². The first-order valence-corrected chi connectivity index (χ1v) is 8.90. The molecule has 22 heavy (non-hydrogen) atoms. The molecule has 0 atom stereocenters. The van der Waals surface area contributed by atoms with E-state index in [1.54, 1.807) is 7.11 Å². The van der Waals surface area contributed by atoms with E-state index in [2.05, 4.69) is 81.6 Å². The number of benzene rings is 2. The van der Waals surface area contributed by atoms with Crippen LogP contribution in [0, 0.1) is 3.57 Å². The molecule has 1 aromatic heterocycles. The number of methoxy groups -OCH3 is 1. The van der Waals surface area contributed by atoms with Crippen LogP contribution in [0.4, 0.5) is 0 Å². The van der Waals surface area contributed by atoms with Gasteiger partial charge in [-0.1, -0.05) is 38.1 Å². The quantitative estimate of drug-likeness (QED) is 0.496. The van der Waals surface area contributed by atoms with Gasteiger partial charge in [-0.25, -0.2) is 4.98 Å². The van der Waals surface area contributed by atoms with E-state index in [0.29, 0.717) is 5.92 Å². The van der Waals surface area contributed by atoms with Gasteiger partial charge >= 0.3 is 0 Å². The first kappa shape index (κ1) is 15.8. The maximum absolute atomic E-state index is 5.47. The summed E-state index contributed by atoms with van der Waals surface area (Å²) in [5, 5.41) is 0. The molecular weight excluding hydrogens is 455 g/mol. The summed E-state index contributed by atoms with van der Waals surface area (Å²) in [5.74, 6) is 2.19. The molecule has 0 spiro atoms. The molecule has 1 heterocycles. The Morgan fingerprint density at radius 2 is 1.91 bits per heavy atom. The molecule has 0 radical (unpaired) electrons. The van der Waals surface area contributed by atoms with Crippen molar-refractivity contribution >= 4 is 49.6 Å². The fourth-order valence-corrected chi connectivity index (χ4v) is 3.34. The molecule has 0 unspecified atom stereocenters. The Balaban J connectivity index is 2.14. The van der Waals surface area contributed by atoms with Gasteiger partial charge in [0.1, 0.15) is 22.6 Å². The van der Waals surface area contributed by atoms with Crippen molar-refractivity contribution in [3.8, 4) is 17.1 Å². The summed E-state index contributed by atoms with van der Waals surface area (Å²) < 4.78 is 7.54. The number of halogens is 2. The van der Waals surface area contributed by atoms with Crippen LogP contribution < -0.4 is 4.74 Å². The molecule has 114 valence electrons. The molecule has 0 saturated carbocycles. The number of fused-ring (bicyclic) bond motifs is 1. The molecule has 3 nitrogen and oxygen atoms in total. The zero-order chi connectivity index (χ0) is 15.9. The van der Waals surface area contributed by atoms with Crippen LogP contribution in [0.3, 0.4) is 0 Å². The first-order valence-electron chi connectivity index (χ1n) is 7.03. The highest BCUT2D eigenvalue weighted by Crippen LogP contribution is 2.36. The van der Waals surface area contributed by atoms with Gasteiger partial charge in [-0.05, 0) is 56.1 Å². The van der Waals surface area contributed by atoms with Crippen molar-refractivity contribution in [1.82, 2.24) is 9.97 Å². The standard InChI is InChI=1S/C17H16BrIN2O/c1-9(2)10-4-6-11(7-5-10)17-20-15-13(22-3)8-12(19)14(18)16(15)21-17/h4-9H,1-3H3,(H,20,21). The number of imidazole rings is 1. The monoisotopic (exact) mass is 470 g/mol. The second-order valence-electron chi connectivity index (χ2n) is 5.46. The van der Waals surface area contributed by atoms with Crippen LogP contribution in [0.2, 0.25) is 0 Å². The van der Waals surface area contributed by atoms with Gasteiger partial charge in [-0.15, -0.1) is 0 Å². The number of hydrogen-bond donors (Lipinski definition) is 1. The Morgan fingerprint density at radius 3 is 2.50 bits per heavy atom. The molecule has 0 aliphatic carbocycles. The zero-order valence-corrected chi connectivity index (χ0v) is 16.3. The van der Waals surface area contributed by atoms with Crippen LogP contribution >= 0.6 is 38.5 Å². The van der Waals surface area contributed by atoms with Gasteiger partial charge in [0.05, 0.1) is 11.6 Å². The van der Waals surface area contributed by atoms with E-state index in [4.69, 9.17) is 9.72 Å². The maximum atomic E-state index is 5.47. The van der Waals surface area contributed by atoms with Gasteiger partial charge in [0.25, 0.3) is 0 Å². The second-order valence-corrected chi connectivity index (χ2v) is 7.42. The average Bonchev–Trinajstić information content (AvgIpc) is 2.96. The van der Waals surface area contributed by atoms with Crippen LogP contribution in [-0.2, 0) is 0 Å². The van der Waals surface area contributed by atoms with Crippen LogP contribution in [0.5, 0.6) is 5.75 Å². The van der Waals surface area contributed by atoms with Crippen LogP contribution in [-0.4, -0.2) is 17.1 Å². The molecule has 1 N–H and O–H groups in total. The van der Waals surface area contributed by atoms with Gasteiger partial charge < -0.3 is 9.72 Å². The molecular formula is C17H16BrIN2O. The number of ether oxygens (including phenoxy) is 1. The van der Waals surface area contributed by atoms with Crippen molar-refractivity contribution < 1.29 is 4.74 Å². The van der Waals surface area contributed by atoms with E-state index >= 15 is 0 Å². The van der Waals surface area contributed by atoms with E-state index in [1.807, 2.05) is 6.07 Å². The highest BCUT2D eigenvalue weighted by Gasteiger charge is 2.15. The summed E-state index contributed by atoms with van der Waals surface area (Å²) in [6, 6.07) is 10.5. The fourth-order valence-electron chi connectivity index (χ4n) is 2.40. The van der Waals surface area contributed by atoms with Crippen molar-refractivity contribution in [2.24, 2.45) is 0 Å². The molecule has 3 rings (SSSR count). The molecule has 0 saturated heterocycles. The van der Waals surface area contributed by atoms with Crippen LogP contribution in [0.25, 0.3) is 22.4 Å². The summed E-state index contributed by atoms with van der Waals surface area (Å²) in [7, 11) is 1.68. The lowest BCUT2D eigenvalue weighted by molar-refractivity contribution is 0.418. The highest BCUT2D eigenvalue weighted by molar-refractivity contribution is 14.1. The van der Waals surface area contributed by atoms with Gasteiger partial charge in [0.15, 0.2) is 0 Å². The Kier molecular flexibility index (Phi) is 4.45. The third-order valence-electron chi connectivity index (χ3n) is 3.70. The van der Waals surface area contributed by atoms with Crippen molar-refractivity contribution in [2.75, 3.05) is 7.11 Å². The fraction of sp³-hybridized carbons (Fsp3) is 0.235. The van der Waals surface area contributed by atoms with Crippen molar-refractivity contribution in [3.63, 3.8) is 0 Å². The Bertz CT molecular complexity index is 825. The Morgan fingerprint density at radius 1 is 1.23 bits per heavy atom. The smallest absolute Gasteiger partial charge is 0.145 e. The SMILES string of the molecule is COc1cc(I)c(Br)c2nc(-c3ccc(C(C)C)cc3)[nH]c12. The number of nitrogens with zero attached hydrogens (tertiary/aromatic N) is 1. The number of rotatable bonds is 3. The number of H-pyrrole nitrogens is 1. The number of aromatic amines is 1. The molecule has 0 fully saturated rings. The van der Waals surface area contributed by atoms with Crippen LogP contribution in [0.15, 0.2) is 34.8 Å². The zero-order valence-electron chi connectivity index (χ0n) is 12.6. The van der Waals surface area contributed by atoms with E-state index < -0.39 is 0 Å². The summed E-state index contributed by atoms with van der Waals surface area (Å²) in [4.78, 5) is 8.12. The lowest BCUT2D eigenvalue weighted by Gasteiger charge is -2.05. The van der Waals surface area contributed by atoms with Crippen molar-refractivity contribution in [3.05, 3.63) is 43.9 Å². The molecule has 3 aromatic rings. The van der Waals surface area contributed by atoms with Gasteiger partial charge in [-0.2, -0.15) is 0 Å². The molecule has 5 heteroatoms. The van der Waals surface area contributed by atoms with Crippen molar-refractivity contribution in [2.45, 2.75) is 19.8 Å². The minimum absolute atomic E-state index is 0.528. The summed E-state index contributed by atoms with van der Waals surface area (Å²) >= 11 is 5.89. The average molecular weight is 471 g/mol. The lowest BCUT2D eigenvalue weighted by atomic mass is 10.0. The predicted molar refractivity (Wildman–Crippen MR) is 103 cm³/mol. The normalized spacial score (nSPS) is 11.4. The summed E-state index contributed by atoms with van der Waals surface area (Å²) in [6.07, 6.45) is 0. The van der Waals surface area contributed by atoms with E-state index in [0.717, 1.165) is 36.2 Å². The minimum atomic E-state index is 0.528. The number of aromatic nitrogens is 2. The summed E-state index contributed by atoms with van der Waals surface area (Å²) in [6.45, 7) is 4.39. The molecule has 2 aromatic carbocycles. The van der Waals surface area contributed by atoms with Crippen LogP contribution in [0.1, 0.15) is 25.3 Å². The third-order valence-corrected chi connectivity index (χ3v) is 6.09. The first-order chi connectivity index (χ1) is 10.5. The largest absolute Gasteiger partial charge is 0.494 e. The lowest BCUT2D eigenvalue weighted by Crippen LogP contribution is -1.87. The Hall–Kier alpha value is -1.08. The topological polar surface area (TPSA) is 37.9 Å². The van der Waals surface area contributed by atoms with Crippen molar-refractivity contribution in [1.29, 1.82) is 0 Å². The van der Waals surface area contributed by atoms with Gasteiger partial charge in [0, 0.05) is 9.13 Å². The predicted octanol–water partition coefficient (Wildman–Crippen LogP) is 5.73. The molecule has 0 bridgehead atoms. The van der Waals surface area contributed by atoms with E-state index in [-0.39, 0.29) is 0 Å². The molecule has 0 amide bonds. The number of nitrogens with one attached hydrogen (secondary N) is 1. The minimum Gasteiger partial charge on any atom is -0.494 e. The third kappa shape index (κ3) is 2.76. The number of hydrogen-bond acceptors (Lipinski definition) is 2. The summed E-state index contributed by atoms with van der Waals surface area (Å²) in [5.41, 5.74) is 4.21. The Labute approximate surface area is 151 Å².